The van der Waals surface area contributed by atoms with E-state index >= 15 is 0 Å². The minimum Gasteiger partial charge on any atom is -0.496 e. The number of nitrogens with zero attached hydrogens (tertiary/aromatic N) is 2. The molecule has 0 saturated heterocycles. The van der Waals surface area contributed by atoms with Gasteiger partial charge >= 0.3 is 0 Å². The van der Waals surface area contributed by atoms with Crippen molar-refractivity contribution in [3.8, 4) is 17.1 Å². The third kappa shape index (κ3) is 4.10. The van der Waals surface area contributed by atoms with Crippen LogP contribution in [0.3, 0.4) is 0 Å². The fourth-order valence-corrected chi connectivity index (χ4v) is 4.09. The summed E-state index contributed by atoms with van der Waals surface area (Å²) >= 11 is 3.42. The van der Waals surface area contributed by atoms with Gasteiger partial charge in [-0.1, -0.05) is 12.1 Å². The number of methoxy groups -OCH3 is 1. The SMILES string of the molecule is [C-]#[N+]c1cc(C)c2nc(-c3c(NCC(O)c4ccc(OC)c(Br)c4)cc[nH]c3=O)[nH]c2c1. The largest absolute Gasteiger partial charge is 0.496 e. The quantitative estimate of drug-likeness (QED) is 0.291. The third-order valence-corrected chi connectivity index (χ3v) is 5.75. The Morgan fingerprint density at radius 2 is 2.12 bits per heavy atom. The Bertz CT molecular complexity index is 1400. The number of ether oxygens (including phenoxy) is 1. The molecule has 0 saturated carbocycles. The molecule has 4 rings (SSSR count). The Balaban J connectivity index is 1.65. The standard InChI is InChI=1S/C23H20BrN5O3/c1-12-8-14(25-2)10-17-21(12)29-22(28-17)20-16(6-7-26-23(20)31)27-11-18(30)13-4-5-19(32-3)15(24)9-13/h4-10,18,30H,11H2,1,3H3,(H,28,29)(H2,26,27,31). The van der Waals surface area contributed by atoms with Crippen molar-refractivity contribution in [3.63, 3.8) is 0 Å². The number of aromatic amines is 2. The Morgan fingerprint density at radius 1 is 1.31 bits per heavy atom. The number of benzene rings is 2. The number of hydrogen-bond donors (Lipinski definition) is 4. The van der Waals surface area contributed by atoms with E-state index in [0.717, 1.165) is 10.0 Å². The number of H-pyrrole nitrogens is 2. The maximum Gasteiger partial charge on any atom is 0.261 e. The second kappa shape index (κ2) is 8.86. The normalized spacial score (nSPS) is 11.8. The van der Waals surface area contributed by atoms with Crippen LogP contribution in [0.5, 0.6) is 5.75 Å². The van der Waals surface area contributed by atoms with Gasteiger partial charge in [0, 0.05) is 12.7 Å². The second-order valence-corrected chi connectivity index (χ2v) is 8.10. The van der Waals surface area contributed by atoms with Gasteiger partial charge in [0.25, 0.3) is 5.56 Å². The van der Waals surface area contributed by atoms with E-state index < -0.39 is 6.10 Å². The maximum absolute atomic E-state index is 12.7. The lowest BCUT2D eigenvalue weighted by atomic mass is 10.1. The molecule has 2 heterocycles. The molecule has 8 nitrogen and oxygen atoms in total. The summed E-state index contributed by atoms with van der Waals surface area (Å²) in [6.45, 7) is 9.30. The summed E-state index contributed by atoms with van der Waals surface area (Å²) in [5.41, 5.74) is 3.96. The molecule has 4 N–H and O–H groups in total. The van der Waals surface area contributed by atoms with Gasteiger partial charge in [-0.3, -0.25) is 4.79 Å². The van der Waals surface area contributed by atoms with Gasteiger partial charge in [-0.15, -0.1) is 0 Å². The summed E-state index contributed by atoms with van der Waals surface area (Å²) < 4.78 is 5.97. The summed E-state index contributed by atoms with van der Waals surface area (Å²) in [5, 5.41) is 13.8. The molecule has 0 fully saturated rings. The highest BCUT2D eigenvalue weighted by Crippen LogP contribution is 2.30. The van der Waals surface area contributed by atoms with Crippen molar-refractivity contribution < 1.29 is 9.84 Å². The average molecular weight is 494 g/mol. The molecule has 2 aromatic carbocycles. The predicted molar refractivity (Wildman–Crippen MR) is 127 cm³/mol. The number of halogens is 1. The summed E-state index contributed by atoms with van der Waals surface area (Å²) in [7, 11) is 1.58. The zero-order valence-electron chi connectivity index (χ0n) is 17.4. The number of aliphatic hydroxyl groups is 1. The van der Waals surface area contributed by atoms with Crippen LogP contribution >= 0.6 is 15.9 Å². The molecular formula is C23H20BrN5O3. The summed E-state index contributed by atoms with van der Waals surface area (Å²) in [4.78, 5) is 26.6. The first-order chi connectivity index (χ1) is 15.4. The smallest absolute Gasteiger partial charge is 0.261 e. The lowest BCUT2D eigenvalue weighted by molar-refractivity contribution is 0.191. The van der Waals surface area contributed by atoms with Crippen molar-refractivity contribution >= 4 is 38.3 Å². The van der Waals surface area contributed by atoms with Crippen molar-refractivity contribution in [3.05, 3.63) is 80.0 Å². The van der Waals surface area contributed by atoms with Gasteiger partial charge in [0.2, 0.25) is 0 Å². The molecule has 0 amide bonds. The minimum absolute atomic E-state index is 0.177. The number of rotatable bonds is 6. The maximum atomic E-state index is 12.7. The number of pyridine rings is 1. The highest BCUT2D eigenvalue weighted by Gasteiger charge is 2.17. The van der Waals surface area contributed by atoms with E-state index in [4.69, 9.17) is 11.3 Å². The fraction of sp³-hybridized carbons (Fsp3) is 0.174. The molecule has 32 heavy (non-hydrogen) atoms. The van der Waals surface area contributed by atoms with Crippen LogP contribution in [0.4, 0.5) is 11.4 Å². The number of aromatic nitrogens is 3. The summed E-state index contributed by atoms with van der Waals surface area (Å²) in [6.07, 6.45) is 0.721. The molecular weight excluding hydrogens is 474 g/mol. The molecule has 1 atom stereocenters. The first-order valence-corrected chi connectivity index (χ1v) is 10.6. The van der Waals surface area contributed by atoms with Gasteiger partial charge in [0.1, 0.15) is 17.1 Å². The van der Waals surface area contributed by atoms with Gasteiger partial charge in [0.05, 0.1) is 41.0 Å². The molecule has 2 aromatic heterocycles. The highest BCUT2D eigenvalue weighted by atomic mass is 79.9. The Morgan fingerprint density at radius 3 is 2.84 bits per heavy atom. The average Bonchev–Trinajstić information content (AvgIpc) is 3.21. The van der Waals surface area contributed by atoms with Crippen LogP contribution in [0, 0.1) is 13.5 Å². The van der Waals surface area contributed by atoms with Gasteiger partial charge in [-0.05, 0) is 58.2 Å². The van der Waals surface area contributed by atoms with Crippen molar-refractivity contribution in [2.24, 2.45) is 0 Å². The molecule has 0 aliphatic rings. The minimum atomic E-state index is -0.816. The van der Waals surface area contributed by atoms with Crippen molar-refractivity contribution in [2.45, 2.75) is 13.0 Å². The van der Waals surface area contributed by atoms with E-state index in [-0.39, 0.29) is 12.1 Å². The van der Waals surface area contributed by atoms with Crippen LogP contribution in [0.2, 0.25) is 0 Å². The number of imidazole rings is 1. The van der Waals surface area contributed by atoms with Crippen LogP contribution in [0.15, 0.2) is 51.9 Å². The van der Waals surface area contributed by atoms with Crippen molar-refractivity contribution in [1.29, 1.82) is 0 Å². The van der Waals surface area contributed by atoms with E-state index in [9.17, 15) is 9.90 Å². The van der Waals surface area contributed by atoms with Gasteiger partial charge in [-0.2, -0.15) is 0 Å². The molecule has 9 heteroatoms. The molecule has 4 aromatic rings. The van der Waals surface area contributed by atoms with Gasteiger partial charge in [-0.25, -0.2) is 9.83 Å². The van der Waals surface area contributed by atoms with E-state index in [0.29, 0.717) is 45.1 Å². The molecule has 0 aliphatic carbocycles. The molecule has 0 aliphatic heterocycles. The molecule has 162 valence electrons. The van der Waals surface area contributed by atoms with Crippen LogP contribution in [-0.2, 0) is 0 Å². The number of hydrogen-bond acceptors (Lipinski definition) is 5. The zero-order valence-corrected chi connectivity index (χ0v) is 18.9. The number of anilines is 1. The lowest BCUT2D eigenvalue weighted by Gasteiger charge is -2.16. The number of aliphatic hydroxyl groups excluding tert-OH is 1. The lowest BCUT2D eigenvalue weighted by Crippen LogP contribution is -2.17. The number of aryl methyl sites for hydroxylation is 1. The van der Waals surface area contributed by atoms with Gasteiger partial charge < -0.3 is 25.1 Å². The van der Waals surface area contributed by atoms with Crippen LogP contribution in [0.1, 0.15) is 17.2 Å². The fourth-order valence-electron chi connectivity index (χ4n) is 3.53. The third-order valence-electron chi connectivity index (χ3n) is 5.14. The first kappa shape index (κ1) is 21.6. The van der Waals surface area contributed by atoms with E-state index in [1.165, 1.54) is 6.20 Å². The first-order valence-electron chi connectivity index (χ1n) is 9.76. The number of fused-ring (bicyclic) bond motifs is 1. The molecule has 0 radical (unpaired) electrons. The predicted octanol–water partition coefficient (Wildman–Crippen LogP) is 4.69. The van der Waals surface area contributed by atoms with E-state index in [2.05, 4.69) is 41.0 Å². The molecule has 0 bridgehead atoms. The molecule has 1 unspecified atom stereocenters. The zero-order chi connectivity index (χ0) is 22.8. The van der Waals surface area contributed by atoms with Crippen molar-refractivity contribution in [2.75, 3.05) is 19.0 Å². The topological polar surface area (TPSA) is 107 Å². The van der Waals surface area contributed by atoms with Crippen LogP contribution in [-0.4, -0.2) is 33.7 Å². The monoisotopic (exact) mass is 493 g/mol. The Hall–Kier alpha value is -3.61. The van der Waals surface area contributed by atoms with E-state index in [1.807, 2.05) is 6.92 Å². The Labute approximate surface area is 192 Å². The summed E-state index contributed by atoms with van der Waals surface area (Å²) in [5.74, 6) is 1.06. The molecule has 0 spiro atoms. The summed E-state index contributed by atoms with van der Waals surface area (Å²) in [6, 6.07) is 10.5. The van der Waals surface area contributed by atoms with Crippen LogP contribution < -0.4 is 15.6 Å². The van der Waals surface area contributed by atoms with Gasteiger partial charge in [0.15, 0.2) is 5.69 Å². The number of nitrogens with one attached hydrogen (secondary N) is 3. The Kier molecular flexibility index (Phi) is 5.99. The second-order valence-electron chi connectivity index (χ2n) is 7.24. The highest BCUT2D eigenvalue weighted by molar-refractivity contribution is 9.10. The van der Waals surface area contributed by atoms with Crippen molar-refractivity contribution in [1.82, 2.24) is 15.0 Å². The van der Waals surface area contributed by atoms with E-state index in [1.54, 1.807) is 43.5 Å². The van der Waals surface area contributed by atoms with Crippen LogP contribution in [0.25, 0.3) is 27.3 Å².